The van der Waals surface area contributed by atoms with Crippen molar-refractivity contribution in [3.05, 3.63) is 45.9 Å². The molecule has 0 fully saturated rings. The van der Waals surface area contributed by atoms with Crippen LogP contribution in [0.5, 0.6) is 11.5 Å². The zero-order valence-corrected chi connectivity index (χ0v) is 12.5. The molecule has 0 aliphatic carbocycles. The van der Waals surface area contributed by atoms with E-state index < -0.39 is 18.1 Å². The quantitative estimate of drug-likeness (QED) is 0.868. The molecule has 2 rings (SSSR count). The Morgan fingerprint density at radius 3 is 2.70 bits per heavy atom. The predicted octanol–water partition coefficient (Wildman–Crippen LogP) is 1.69. The number of aryl methyl sites for hydroxylation is 1. The van der Waals surface area contributed by atoms with Gasteiger partial charge in [-0.3, -0.25) is 4.79 Å². The Labute approximate surface area is 131 Å². The van der Waals surface area contributed by atoms with Gasteiger partial charge in [-0.2, -0.15) is 5.26 Å². The maximum Gasteiger partial charge on any atom is 0.341 e. The first kappa shape index (κ1) is 16.1. The van der Waals surface area contributed by atoms with E-state index in [1.54, 1.807) is 25.1 Å². The zero-order chi connectivity index (χ0) is 17.0. The zero-order valence-electron chi connectivity index (χ0n) is 12.5. The molecule has 0 atom stereocenters. The minimum atomic E-state index is -1.12. The third-order valence-electron chi connectivity index (χ3n) is 3.11. The fraction of sp³-hybridized carbons (Fsp3) is 0.188. The molecule has 0 unspecified atom stereocenters. The first-order chi connectivity index (χ1) is 11.0. The van der Waals surface area contributed by atoms with Crippen molar-refractivity contribution in [3.8, 4) is 28.7 Å². The molecule has 0 amide bonds. The number of hydrogen-bond donors (Lipinski definition) is 2. The third-order valence-corrected chi connectivity index (χ3v) is 3.11. The summed E-state index contributed by atoms with van der Waals surface area (Å²) >= 11 is 0. The Kier molecular flexibility index (Phi) is 4.66. The summed E-state index contributed by atoms with van der Waals surface area (Å²) in [7, 11) is 1.43. The first-order valence-electron chi connectivity index (χ1n) is 6.63. The maximum atomic E-state index is 11.9. The minimum absolute atomic E-state index is 0.0232. The summed E-state index contributed by atoms with van der Waals surface area (Å²) < 4.78 is 10.3. The summed E-state index contributed by atoms with van der Waals surface area (Å²) in [6.07, 6.45) is 0. The summed E-state index contributed by atoms with van der Waals surface area (Å²) in [6, 6.07) is 8.34. The molecule has 0 aliphatic heterocycles. The summed E-state index contributed by atoms with van der Waals surface area (Å²) in [4.78, 5) is 25.1. The van der Waals surface area contributed by atoms with E-state index in [0.717, 1.165) is 0 Å². The van der Waals surface area contributed by atoms with Crippen LogP contribution in [0.4, 0.5) is 0 Å². The molecule has 0 saturated carbocycles. The van der Waals surface area contributed by atoms with Gasteiger partial charge in [-0.1, -0.05) is 6.07 Å². The van der Waals surface area contributed by atoms with E-state index in [1.807, 2.05) is 6.07 Å². The number of rotatable bonds is 5. The van der Waals surface area contributed by atoms with Crippen LogP contribution in [0, 0.1) is 18.3 Å². The van der Waals surface area contributed by atoms with Gasteiger partial charge >= 0.3 is 5.97 Å². The standard InChI is InChI=1S/C16H14N2O5/c1-9-5-11(12(7-17)16(21)18-9)10-3-4-13(22-2)14(6-10)23-8-15(19)20/h3-6H,8H2,1-2H3,(H,18,21)(H,19,20). The van der Waals surface area contributed by atoms with Gasteiger partial charge in [0.15, 0.2) is 18.1 Å². The van der Waals surface area contributed by atoms with Gasteiger partial charge in [-0.25, -0.2) is 4.79 Å². The average molecular weight is 314 g/mol. The predicted molar refractivity (Wildman–Crippen MR) is 81.6 cm³/mol. The SMILES string of the molecule is COc1ccc(-c2cc(C)[nH]c(=O)c2C#N)cc1OCC(=O)O. The highest BCUT2D eigenvalue weighted by molar-refractivity contribution is 5.73. The molecule has 2 N–H and O–H groups in total. The molecule has 0 spiro atoms. The number of aromatic amines is 1. The highest BCUT2D eigenvalue weighted by atomic mass is 16.5. The van der Waals surface area contributed by atoms with E-state index >= 15 is 0 Å². The highest BCUT2D eigenvalue weighted by Crippen LogP contribution is 2.33. The average Bonchev–Trinajstić information content (AvgIpc) is 2.51. The van der Waals surface area contributed by atoms with Gasteiger partial charge in [0.05, 0.1) is 7.11 Å². The van der Waals surface area contributed by atoms with Gasteiger partial charge in [0.1, 0.15) is 11.6 Å². The number of aromatic nitrogens is 1. The van der Waals surface area contributed by atoms with E-state index in [4.69, 9.17) is 14.6 Å². The van der Waals surface area contributed by atoms with E-state index in [2.05, 4.69) is 4.98 Å². The fourth-order valence-electron chi connectivity index (χ4n) is 2.12. The molecular weight excluding hydrogens is 300 g/mol. The molecule has 0 radical (unpaired) electrons. The Morgan fingerprint density at radius 1 is 1.35 bits per heavy atom. The molecule has 1 aromatic carbocycles. The molecule has 7 heteroatoms. The minimum Gasteiger partial charge on any atom is -0.493 e. The van der Waals surface area contributed by atoms with Crippen molar-refractivity contribution in [2.75, 3.05) is 13.7 Å². The number of ether oxygens (including phenoxy) is 2. The molecular formula is C16H14N2O5. The van der Waals surface area contributed by atoms with Crippen molar-refractivity contribution >= 4 is 5.97 Å². The van der Waals surface area contributed by atoms with Crippen LogP contribution >= 0.6 is 0 Å². The van der Waals surface area contributed by atoms with Crippen molar-refractivity contribution in [2.45, 2.75) is 6.92 Å². The van der Waals surface area contributed by atoms with E-state index in [-0.39, 0.29) is 11.3 Å². The molecule has 118 valence electrons. The van der Waals surface area contributed by atoms with Crippen molar-refractivity contribution < 1.29 is 19.4 Å². The normalized spacial score (nSPS) is 9.96. The van der Waals surface area contributed by atoms with Crippen molar-refractivity contribution in [1.82, 2.24) is 4.98 Å². The molecule has 0 saturated heterocycles. The molecule has 23 heavy (non-hydrogen) atoms. The molecule has 0 bridgehead atoms. The number of carboxylic acids is 1. The summed E-state index contributed by atoms with van der Waals surface area (Å²) in [6.45, 7) is 1.18. The third kappa shape index (κ3) is 3.49. The summed E-state index contributed by atoms with van der Waals surface area (Å²) in [5.41, 5.74) is 1.10. The Morgan fingerprint density at radius 2 is 2.09 bits per heavy atom. The lowest BCUT2D eigenvalue weighted by molar-refractivity contribution is -0.139. The van der Waals surface area contributed by atoms with E-state index in [0.29, 0.717) is 22.6 Å². The number of carboxylic acid groups (broad SMARTS) is 1. The Balaban J connectivity index is 2.57. The second-order valence-electron chi connectivity index (χ2n) is 4.73. The van der Waals surface area contributed by atoms with Gasteiger partial charge in [0, 0.05) is 11.3 Å². The second-order valence-corrected chi connectivity index (χ2v) is 4.73. The number of pyridine rings is 1. The largest absolute Gasteiger partial charge is 0.493 e. The number of benzene rings is 1. The molecule has 1 aromatic heterocycles. The summed E-state index contributed by atoms with van der Waals surface area (Å²) in [5, 5.41) is 17.9. The van der Waals surface area contributed by atoms with Gasteiger partial charge < -0.3 is 19.6 Å². The fourth-order valence-corrected chi connectivity index (χ4v) is 2.12. The van der Waals surface area contributed by atoms with Crippen molar-refractivity contribution in [1.29, 1.82) is 5.26 Å². The van der Waals surface area contributed by atoms with Crippen LogP contribution in [0.2, 0.25) is 0 Å². The lowest BCUT2D eigenvalue weighted by Crippen LogP contribution is -2.13. The van der Waals surface area contributed by atoms with Gasteiger partial charge in [-0.15, -0.1) is 0 Å². The van der Waals surface area contributed by atoms with Crippen molar-refractivity contribution in [3.63, 3.8) is 0 Å². The molecule has 7 nitrogen and oxygen atoms in total. The van der Waals surface area contributed by atoms with Crippen LogP contribution in [-0.4, -0.2) is 29.8 Å². The van der Waals surface area contributed by atoms with Crippen LogP contribution < -0.4 is 15.0 Å². The number of methoxy groups -OCH3 is 1. The topological polar surface area (TPSA) is 112 Å². The molecule has 2 aromatic rings. The van der Waals surface area contributed by atoms with Gasteiger partial charge in [-0.05, 0) is 30.7 Å². The van der Waals surface area contributed by atoms with Crippen LogP contribution in [0.1, 0.15) is 11.3 Å². The van der Waals surface area contributed by atoms with Crippen LogP contribution in [-0.2, 0) is 4.79 Å². The van der Waals surface area contributed by atoms with Gasteiger partial charge in [0.25, 0.3) is 5.56 Å². The lowest BCUT2D eigenvalue weighted by atomic mass is 10.0. The molecule has 1 heterocycles. The number of nitrogens with zero attached hydrogens (tertiary/aromatic N) is 1. The smallest absolute Gasteiger partial charge is 0.341 e. The molecule has 0 aliphatic rings. The second kappa shape index (κ2) is 6.66. The number of nitriles is 1. The maximum absolute atomic E-state index is 11.9. The summed E-state index contributed by atoms with van der Waals surface area (Å²) in [5.74, 6) is -0.550. The van der Waals surface area contributed by atoms with Crippen molar-refractivity contribution in [2.24, 2.45) is 0 Å². The van der Waals surface area contributed by atoms with E-state index in [1.165, 1.54) is 13.2 Å². The number of nitrogens with one attached hydrogen (secondary N) is 1. The number of aliphatic carboxylic acids is 1. The van der Waals surface area contributed by atoms with Gasteiger partial charge in [0.2, 0.25) is 0 Å². The van der Waals surface area contributed by atoms with Crippen LogP contribution in [0.15, 0.2) is 29.1 Å². The van der Waals surface area contributed by atoms with Crippen LogP contribution in [0.3, 0.4) is 0 Å². The lowest BCUT2D eigenvalue weighted by Gasteiger charge is -2.12. The highest BCUT2D eigenvalue weighted by Gasteiger charge is 2.14. The van der Waals surface area contributed by atoms with E-state index in [9.17, 15) is 14.9 Å². The Bertz CT molecular complexity index is 849. The number of carbonyl (C=O) groups is 1. The number of H-pyrrole nitrogens is 1. The monoisotopic (exact) mass is 314 g/mol. The first-order valence-corrected chi connectivity index (χ1v) is 6.63. The van der Waals surface area contributed by atoms with Crippen LogP contribution in [0.25, 0.3) is 11.1 Å². The number of hydrogen-bond acceptors (Lipinski definition) is 5. The Hall–Kier alpha value is -3.27.